The van der Waals surface area contributed by atoms with Crippen molar-refractivity contribution < 1.29 is 9.26 Å². The van der Waals surface area contributed by atoms with E-state index in [0.29, 0.717) is 29.8 Å². The number of ether oxygens (including phenoxy) is 1. The third-order valence-electron chi connectivity index (χ3n) is 3.19. The molecule has 4 heterocycles. The molecule has 0 bridgehead atoms. The predicted molar refractivity (Wildman–Crippen MR) is 64.5 cm³/mol. The maximum atomic E-state index is 5.32. The van der Waals surface area contributed by atoms with Crippen LogP contribution in [-0.4, -0.2) is 37.7 Å². The summed E-state index contributed by atoms with van der Waals surface area (Å²) >= 11 is 0. The van der Waals surface area contributed by atoms with Gasteiger partial charge in [0.05, 0.1) is 6.61 Å². The van der Waals surface area contributed by atoms with E-state index in [9.17, 15) is 0 Å². The molecule has 1 aliphatic heterocycles. The van der Waals surface area contributed by atoms with E-state index in [4.69, 9.17) is 9.26 Å². The Kier molecular flexibility index (Phi) is 2.31. The summed E-state index contributed by atoms with van der Waals surface area (Å²) < 4.78 is 12.4. The summed E-state index contributed by atoms with van der Waals surface area (Å²) in [6, 6.07) is 1.84. The van der Waals surface area contributed by atoms with Gasteiger partial charge in [-0.05, 0) is 12.5 Å². The Balaban J connectivity index is 1.71. The average Bonchev–Trinajstić information content (AvgIpc) is 3.17. The van der Waals surface area contributed by atoms with Crippen LogP contribution in [0.2, 0.25) is 0 Å². The first-order valence-corrected chi connectivity index (χ1v) is 6.11. The molecule has 1 aliphatic rings. The molecule has 1 fully saturated rings. The van der Waals surface area contributed by atoms with Crippen LogP contribution in [0.3, 0.4) is 0 Å². The fourth-order valence-corrected chi connectivity index (χ4v) is 2.18. The molecule has 0 aromatic carbocycles. The summed E-state index contributed by atoms with van der Waals surface area (Å²) in [5.74, 6) is 1.96. The molecule has 0 radical (unpaired) electrons. The van der Waals surface area contributed by atoms with Crippen molar-refractivity contribution in [3.05, 3.63) is 30.5 Å². The van der Waals surface area contributed by atoms with E-state index >= 15 is 0 Å². The Morgan fingerprint density at radius 2 is 2.32 bits per heavy atom. The number of rotatable bonds is 2. The van der Waals surface area contributed by atoms with Gasteiger partial charge >= 0.3 is 0 Å². The summed E-state index contributed by atoms with van der Waals surface area (Å²) in [7, 11) is 0. The van der Waals surface area contributed by atoms with E-state index in [0.717, 1.165) is 13.0 Å². The van der Waals surface area contributed by atoms with Gasteiger partial charge in [-0.2, -0.15) is 4.98 Å². The Morgan fingerprint density at radius 3 is 3.16 bits per heavy atom. The van der Waals surface area contributed by atoms with Gasteiger partial charge in [-0.1, -0.05) is 5.16 Å². The zero-order valence-electron chi connectivity index (χ0n) is 10.1. The second-order valence-electron chi connectivity index (χ2n) is 4.47. The monoisotopic (exact) mass is 257 g/mol. The van der Waals surface area contributed by atoms with Gasteiger partial charge < -0.3 is 9.26 Å². The van der Waals surface area contributed by atoms with Gasteiger partial charge in [0.15, 0.2) is 5.82 Å². The van der Waals surface area contributed by atoms with Crippen LogP contribution in [0.5, 0.6) is 0 Å². The molecule has 0 unspecified atom stereocenters. The van der Waals surface area contributed by atoms with Crippen molar-refractivity contribution in [2.45, 2.75) is 12.3 Å². The highest BCUT2D eigenvalue weighted by atomic mass is 16.5. The van der Waals surface area contributed by atoms with Crippen molar-refractivity contribution in [1.82, 2.24) is 24.5 Å². The van der Waals surface area contributed by atoms with Crippen LogP contribution in [-0.2, 0) is 4.74 Å². The van der Waals surface area contributed by atoms with Gasteiger partial charge in [-0.25, -0.2) is 9.97 Å². The van der Waals surface area contributed by atoms with Gasteiger partial charge in [-0.3, -0.25) is 4.40 Å². The maximum absolute atomic E-state index is 5.32. The Bertz CT molecular complexity index is 681. The average molecular weight is 257 g/mol. The fourth-order valence-electron chi connectivity index (χ4n) is 2.18. The van der Waals surface area contributed by atoms with Crippen molar-refractivity contribution in [3.8, 4) is 11.6 Å². The molecule has 96 valence electrons. The highest BCUT2D eigenvalue weighted by Gasteiger charge is 2.24. The lowest BCUT2D eigenvalue weighted by Crippen LogP contribution is -1.99. The minimum Gasteiger partial charge on any atom is -0.381 e. The number of hydrogen-bond donors (Lipinski definition) is 0. The van der Waals surface area contributed by atoms with Crippen LogP contribution in [0.4, 0.5) is 0 Å². The number of hydrogen-bond acceptors (Lipinski definition) is 6. The molecule has 7 heteroatoms. The molecule has 7 nitrogen and oxygen atoms in total. The zero-order chi connectivity index (χ0) is 12.7. The van der Waals surface area contributed by atoms with E-state index in [1.54, 1.807) is 6.20 Å². The lowest BCUT2D eigenvalue weighted by Gasteiger charge is -1.97. The highest BCUT2D eigenvalue weighted by molar-refractivity contribution is 5.51. The summed E-state index contributed by atoms with van der Waals surface area (Å²) in [6.45, 7) is 1.42. The first-order valence-electron chi connectivity index (χ1n) is 6.11. The van der Waals surface area contributed by atoms with Crippen LogP contribution < -0.4 is 0 Å². The third kappa shape index (κ3) is 1.78. The zero-order valence-corrected chi connectivity index (χ0v) is 10.1. The number of imidazole rings is 1. The Labute approximate surface area is 108 Å². The van der Waals surface area contributed by atoms with E-state index in [1.807, 2.05) is 22.9 Å². The lowest BCUT2D eigenvalue weighted by molar-refractivity contribution is 0.192. The van der Waals surface area contributed by atoms with E-state index in [-0.39, 0.29) is 5.92 Å². The third-order valence-corrected chi connectivity index (χ3v) is 3.19. The van der Waals surface area contributed by atoms with Crippen LogP contribution in [0.25, 0.3) is 17.4 Å². The van der Waals surface area contributed by atoms with Crippen LogP contribution >= 0.6 is 0 Å². The maximum Gasteiger partial charge on any atom is 0.278 e. The summed E-state index contributed by atoms with van der Waals surface area (Å²) in [6.07, 6.45) is 6.33. The molecule has 0 saturated carbocycles. The Morgan fingerprint density at radius 1 is 1.32 bits per heavy atom. The molecular formula is C12H11N5O2. The fraction of sp³-hybridized carbons (Fsp3) is 0.333. The van der Waals surface area contributed by atoms with Crippen molar-refractivity contribution in [3.63, 3.8) is 0 Å². The van der Waals surface area contributed by atoms with Gasteiger partial charge in [0.25, 0.3) is 5.89 Å². The Hall–Kier alpha value is -2.28. The molecular weight excluding hydrogens is 246 g/mol. The van der Waals surface area contributed by atoms with Crippen molar-refractivity contribution in [1.29, 1.82) is 0 Å². The molecule has 0 amide bonds. The lowest BCUT2D eigenvalue weighted by atomic mass is 10.1. The van der Waals surface area contributed by atoms with Crippen molar-refractivity contribution in [2.75, 3.05) is 13.2 Å². The number of aromatic nitrogens is 5. The van der Waals surface area contributed by atoms with Gasteiger partial charge in [0.2, 0.25) is 5.78 Å². The summed E-state index contributed by atoms with van der Waals surface area (Å²) in [5.41, 5.74) is 0.636. The quantitative estimate of drug-likeness (QED) is 0.688. The number of nitrogens with zero attached hydrogens (tertiary/aromatic N) is 5. The SMILES string of the molecule is c1cnc2nc(-c3nc([C@H]4CCOC4)no3)cn2c1. The van der Waals surface area contributed by atoms with Crippen molar-refractivity contribution in [2.24, 2.45) is 0 Å². The van der Waals surface area contributed by atoms with Gasteiger partial charge in [0.1, 0.15) is 5.69 Å². The first kappa shape index (κ1) is 10.6. The molecule has 3 aromatic rings. The van der Waals surface area contributed by atoms with Crippen molar-refractivity contribution >= 4 is 5.78 Å². The van der Waals surface area contributed by atoms with E-state index < -0.39 is 0 Å². The largest absolute Gasteiger partial charge is 0.381 e. The molecule has 0 N–H and O–H groups in total. The molecule has 1 atom stereocenters. The topological polar surface area (TPSA) is 78.3 Å². The molecule has 19 heavy (non-hydrogen) atoms. The van der Waals surface area contributed by atoms with E-state index in [1.165, 1.54) is 0 Å². The molecule has 0 spiro atoms. The minimum absolute atomic E-state index is 0.229. The standard InChI is InChI=1S/C12H11N5O2/c1-3-13-12-14-9(6-17(12)4-1)11-15-10(16-19-11)8-2-5-18-7-8/h1,3-4,6,8H,2,5,7H2/t8-/m0/s1. The van der Waals surface area contributed by atoms with Crippen LogP contribution in [0.1, 0.15) is 18.2 Å². The molecule has 4 rings (SSSR count). The van der Waals surface area contributed by atoms with Crippen LogP contribution in [0, 0.1) is 0 Å². The van der Waals surface area contributed by atoms with Crippen LogP contribution in [0.15, 0.2) is 29.2 Å². The van der Waals surface area contributed by atoms with E-state index in [2.05, 4.69) is 20.1 Å². The normalized spacial score (nSPS) is 19.3. The summed E-state index contributed by atoms with van der Waals surface area (Å²) in [5, 5.41) is 4.01. The smallest absolute Gasteiger partial charge is 0.278 e. The summed E-state index contributed by atoms with van der Waals surface area (Å²) in [4.78, 5) is 12.9. The second-order valence-corrected chi connectivity index (χ2v) is 4.47. The van der Waals surface area contributed by atoms with Gasteiger partial charge in [-0.15, -0.1) is 0 Å². The molecule has 0 aliphatic carbocycles. The highest BCUT2D eigenvalue weighted by Crippen LogP contribution is 2.25. The second kappa shape index (κ2) is 4.13. The minimum atomic E-state index is 0.229. The number of fused-ring (bicyclic) bond motifs is 1. The first-order chi connectivity index (χ1) is 9.40. The van der Waals surface area contributed by atoms with Gasteiger partial charge in [0, 0.05) is 31.1 Å². The molecule has 1 saturated heterocycles. The molecule has 3 aromatic heterocycles. The predicted octanol–water partition coefficient (Wildman–Crippen LogP) is 1.28.